The first-order valence-electron chi connectivity index (χ1n) is 6.11. The molecule has 0 aliphatic carbocycles. The van der Waals surface area contributed by atoms with Gasteiger partial charge in [-0.3, -0.25) is 0 Å². The number of benzene rings is 1. The van der Waals surface area contributed by atoms with E-state index in [0.29, 0.717) is 0 Å². The Hall–Kier alpha value is -0.860. The quantitative estimate of drug-likeness (QED) is 0.773. The molecule has 1 unspecified atom stereocenters. The number of aliphatic hydroxyl groups excluding tert-OH is 1. The van der Waals surface area contributed by atoms with Crippen LogP contribution in [0.1, 0.15) is 38.3 Å². The number of nitrogens with one attached hydrogen (secondary N) is 1. The number of hydrogen-bond donors (Lipinski definition) is 2. The second-order valence-electron chi connectivity index (χ2n) is 4.47. The van der Waals surface area contributed by atoms with Gasteiger partial charge in [-0.05, 0) is 31.0 Å². The lowest BCUT2D eigenvalue weighted by molar-refractivity contribution is 0.177. The van der Waals surface area contributed by atoms with Crippen molar-refractivity contribution >= 4 is 0 Å². The second kappa shape index (κ2) is 6.02. The first-order valence-corrected chi connectivity index (χ1v) is 6.11. The summed E-state index contributed by atoms with van der Waals surface area (Å²) in [6, 6.07) is 8.54. The highest BCUT2D eigenvalue weighted by Gasteiger charge is 2.23. The molecular weight excluding hydrogens is 198 g/mol. The highest BCUT2D eigenvalue weighted by atomic mass is 16.3. The Labute approximate surface area is 98.7 Å². The van der Waals surface area contributed by atoms with Crippen LogP contribution < -0.4 is 5.32 Å². The summed E-state index contributed by atoms with van der Waals surface area (Å²) in [5.41, 5.74) is 2.19. The lowest BCUT2D eigenvalue weighted by atomic mass is 9.91. The molecule has 0 aliphatic rings. The number of aliphatic hydroxyl groups is 1. The summed E-state index contributed by atoms with van der Waals surface area (Å²) in [4.78, 5) is 0. The van der Waals surface area contributed by atoms with Gasteiger partial charge in [-0.25, -0.2) is 0 Å². The fourth-order valence-electron chi connectivity index (χ4n) is 1.97. The molecular formula is C14H23NO. The minimum absolute atomic E-state index is 0.119. The highest BCUT2D eigenvalue weighted by Crippen LogP contribution is 2.20. The van der Waals surface area contributed by atoms with Gasteiger partial charge in [0, 0.05) is 0 Å². The van der Waals surface area contributed by atoms with Gasteiger partial charge in [0.2, 0.25) is 0 Å². The minimum Gasteiger partial charge on any atom is -0.394 e. The van der Waals surface area contributed by atoms with E-state index in [1.807, 2.05) is 6.92 Å². The van der Waals surface area contributed by atoms with Crippen LogP contribution in [-0.4, -0.2) is 18.3 Å². The molecule has 0 radical (unpaired) electrons. The molecule has 0 aromatic heterocycles. The third-order valence-corrected chi connectivity index (χ3v) is 3.01. The predicted octanol–water partition coefficient (Wildman–Crippen LogP) is 2.46. The number of hydrogen-bond acceptors (Lipinski definition) is 2. The van der Waals surface area contributed by atoms with Crippen LogP contribution in [0.25, 0.3) is 0 Å². The Bertz CT molecular complexity index is 307. The van der Waals surface area contributed by atoms with Crippen molar-refractivity contribution in [2.24, 2.45) is 0 Å². The van der Waals surface area contributed by atoms with Crippen molar-refractivity contribution in [3.63, 3.8) is 0 Å². The highest BCUT2D eigenvalue weighted by molar-refractivity contribution is 5.28. The first-order chi connectivity index (χ1) is 7.66. The number of aryl methyl sites for hydroxylation is 1. The first kappa shape index (κ1) is 13.2. The number of likely N-dealkylation sites (N-methyl/N-ethyl adjacent to an activating group) is 1. The average Bonchev–Trinajstić information content (AvgIpc) is 2.30. The largest absolute Gasteiger partial charge is 0.394 e. The molecule has 1 aromatic rings. The van der Waals surface area contributed by atoms with Gasteiger partial charge < -0.3 is 10.4 Å². The molecule has 2 N–H and O–H groups in total. The van der Waals surface area contributed by atoms with E-state index in [1.54, 1.807) is 0 Å². The molecule has 0 aliphatic heterocycles. The summed E-state index contributed by atoms with van der Waals surface area (Å²) >= 11 is 0. The van der Waals surface area contributed by atoms with Gasteiger partial charge >= 0.3 is 0 Å². The van der Waals surface area contributed by atoms with Crippen molar-refractivity contribution in [3.8, 4) is 0 Å². The van der Waals surface area contributed by atoms with Gasteiger partial charge in [0.1, 0.15) is 0 Å². The fraction of sp³-hybridized carbons (Fsp3) is 0.571. The van der Waals surface area contributed by atoms with Crippen molar-refractivity contribution in [1.29, 1.82) is 0 Å². The van der Waals surface area contributed by atoms with E-state index < -0.39 is 0 Å². The Morgan fingerprint density at radius 1 is 1.19 bits per heavy atom. The molecule has 0 spiro atoms. The van der Waals surface area contributed by atoms with Crippen molar-refractivity contribution in [2.45, 2.75) is 39.2 Å². The van der Waals surface area contributed by atoms with Gasteiger partial charge in [0.15, 0.2) is 0 Å². The third-order valence-electron chi connectivity index (χ3n) is 3.01. The van der Waals surface area contributed by atoms with Crippen LogP contribution in [0, 0.1) is 0 Å². The van der Waals surface area contributed by atoms with E-state index in [2.05, 4.69) is 43.4 Å². The van der Waals surface area contributed by atoms with E-state index in [4.69, 9.17) is 0 Å². The van der Waals surface area contributed by atoms with Crippen LogP contribution in [0.3, 0.4) is 0 Å². The van der Waals surface area contributed by atoms with Crippen LogP contribution in [0.4, 0.5) is 0 Å². The zero-order valence-electron chi connectivity index (χ0n) is 10.6. The molecule has 2 nitrogen and oxygen atoms in total. The zero-order valence-corrected chi connectivity index (χ0v) is 10.6. The fourth-order valence-corrected chi connectivity index (χ4v) is 1.97. The van der Waals surface area contributed by atoms with Crippen molar-refractivity contribution < 1.29 is 5.11 Å². The summed E-state index contributed by atoms with van der Waals surface area (Å²) in [7, 11) is 0. The van der Waals surface area contributed by atoms with Crippen LogP contribution in [0.5, 0.6) is 0 Å². The van der Waals surface area contributed by atoms with E-state index in [0.717, 1.165) is 18.5 Å². The van der Waals surface area contributed by atoms with Gasteiger partial charge in [-0.15, -0.1) is 0 Å². The predicted molar refractivity (Wildman–Crippen MR) is 68.6 cm³/mol. The van der Waals surface area contributed by atoms with Crippen LogP contribution in [0.2, 0.25) is 0 Å². The lowest BCUT2D eigenvalue weighted by Gasteiger charge is -2.29. The van der Waals surface area contributed by atoms with Gasteiger partial charge in [-0.2, -0.15) is 0 Å². The molecule has 90 valence electrons. The molecule has 1 rings (SSSR count). The summed E-state index contributed by atoms with van der Waals surface area (Å²) in [6.07, 6.45) is 2.29. The van der Waals surface area contributed by atoms with Crippen molar-refractivity contribution in [1.82, 2.24) is 5.32 Å². The molecule has 16 heavy (non-hydrogen) atoms. The second-order valence-corrected chi connectivity index (χ2v) is 4.47. The van der Waals surface area contributed by atoms with Crippen LogP contribution in [0.15, 0.2) is 24.3 Å². The summed E-state index contributed by atoms with van der Waals surface area (Å²) in [5.74, 6) is 0. The van der Waals surface area contributed by atoms with E-state index >= 15 is 0 Å². The maximum absolute atomic E-state index is 9.48. The molecule has 0 saturated heterocycles. The molecule has 0 heterocycles. The molecule has 0 fully saturated rings. The Morgan fingerprint density at radius 3 is 2.25 bits per heavy atom. The molecule has 2 heteroatoms. The smallest absolute Gasteiger partial charge is 0.0652 e. The minimum atomic E-state index is -0.320. The molecule has 0 bridgehead atoms. The molecule has 0 saturated carbocycles. The standard InChI is InChI=1S/C14H23NO/c1-4-6-12-7-9-13(10-8-12)14(3,11-16)15-5-2/h7-10,15-16H,4-6,11H2,1-3H3. The van der Waals surface area contributed by atoms with Crippen LogP contribution in [-0.2, 0) is 12.0 Å². The summed E-state index contributed by atoms with van der Waals surface area (Å²) in [6.45, 7) is 7.25. The maximum atomic E-state index is 9.48. The van der Waals surface area contributed by atoms with Gasteiger partial charge in [0.25, 0.3) is 0 Å². The maximum Gasteiger partial charge on any atom is 0.0652 e. The molecule has 1 atom stereocenters. The van der Waals surface area contributed by atoms with Crippen LogP contribution >= 0.6 is 0 Å². The molecule has 1 aromatic carbocycles. The lowest BCUT2D eigenvalue weighted by Crippen LogP contribution is -2.42. The average molecular weight is 221 g/mol. The monoisotopic (exact) mass is 221 g/mol. The van der Waals surface area contributed by atoms with E-state index in [9.17, 15) is 5.11 Å². The topological polar surface area (TPSA) is 32.3 Å². The number of rotatable bonds is 6. The normalized spacial score (nSPS) is 14.8. The van der Waals surface area contributed by atoms with E-state index in [1.165, 1.54) is 12.0 Å². The summed E-state index contributed by atoms with van der Waals surface area (Å²) in [5, 5.41) is 12.8. The molecule has 0 amide bonds. The Balaban J connectivity index is 2.85. The Morgan fingerprint density at radius 2 is 1.81 bits per heavy atom. The van der Waals surface area contributed by atoms with Crippen molar-refractivity contribution in [2.75, 3.05) is 13.2 Å². The Kier molecular flexibility index (Phi) is 4.97. The van der Waals surface area contributed by atoms with E-state index in [-0.39, 0.29) is 12.1 Å². The third kappa shape index (κ3) is 3.06. The van der Waals surface area contributed by atoms with Gasteiger partial charge in [-0.1, -0.05) is 44.5 Å². The SMILES string of the molecule is CCCc1ccc(C(C)(CO)NCC)cc1. The van der Waals surface area contributed by atoms with Gasteiger partial charge in [0.05, 0.1) is 12.1 Å². The van der Waals surface area contributed by atoms with Crippen molar-refractivity contribution in [3.05, 3.63) is 35.4 Å². The zero-order chi connectivity index (χ0) is 12.0. The summed E-state index contributed by atoms with van der Waals surface area (Å²) < 4.78 is 0.